The van der Waals surface area contributed by atoms with Crippen LogP contribution in [0, 0.1) is 0 Å². The van der Waals surface area contributed by atoms with Crippen LogP contribution in [-0.2, 0) is 14.3 Å². The van der Waals surface area contributed by atoms with Gasteiger partial charge in [0.15, 0.2) is 0 Å². The van der Waals surface area contributed by atoms with Gasteiger partial charge in [-0.1, -0.05) is 48.5 Å². The van der Waals surface area contributed by atoms with Crippen LogP contribution in [0.2, 0.25) is 0 Å². The maximum atomic E-state index is 12.1. The van der Waals surface area contributed by atoms with Crippen LogP contribution in [0.25, 0.3) is 11.1 Å². The maximum absolute atomic E-state index is 12.1. The van der Waals surface area contributed by atoms with Gasteiger partial charge in [0.2, 0.25) is 0 Å². The number of amides is 1. The highest BCUT2D eigenvalue weighted by Crippen LogP contribution is 2.44. The van der Waals surface area contributed by atoms with E-state index in [-0.39, 0.29) is 18.2 Å². The van der Waals surface area contributed by atoms with E-state index < -0.39 is 0 Å². The molecule has 2 aliphatic rings. The second-order valence-corrected chi connectivity index (χ2v) is 6.76. The zero-order valence-electron chi connectivity index (χ0n) is 13.5. The lowest BCUT2D eigenvalue weighted by Crippen LogP contribution is -2.29. The summed E-state index contributed by atoms with van der Waals surface area (Å²) in [5.41, 5.74) is 5.03. The average molecular weight is 355 g/mol. The molecule has 1 amide bonds. The zero-order valence-corrected chi connectivity index (χ0v) is 14.3. The third-order valence-corrected chi connectivity index (χ3v) is 5.31. The van der Waals surface area contributed by atoms with Gasteiger partial charge in [0.25, 0.3) is 0 Å². The predicted molar refractivity (Wildman–Crippen MR) is 94.1 cm³/mol. The smallest absolute Gasteiger partial charge is 0.410 e. The molecule has 4 rings (SSSR count). The fourth-order valence-electron chi connectivity index (χ4n) is 3.24. The van der Waals surface area contributed by atoms with Crippen molar-refractivity contribution in [1.82, 2.24) is 4.90 Å². The number of hydrogen-bond acceptors (Lipinski definition) is 5. The predicted octanol–water partition coefficient (Wildman–Crippen LogP) is 3.36. The van der Waals surface area contributed by atoms with Gasteiger partial charge in [-0.25, -0.2) is 4.79 Å². The summed E-state index contributed by atoms with van der Waals surface area (Å²) >= 11 is 1.77. The summed E-state index contributed by atoms with van der Waals surface area (Å²) < 4.78 is 5.60. The average Bonchev–Trinajstić information content (AvgIpc) is 3.27. The number of rotatable bonds is 2. The number of nitrogens with zero attached hydrogens (tertiary/aromatic N) is 1. The molecule has 1 heterocycles. The van der Waals surface area contributed by atoms with E-state index in [4.69, 9.17) is 14.3 Å². The number of thioether (sulfide) groups is 1. The fourth-order valence-corrected chi connectivity index (χ4v) is 4.18. The molecule has 0 atom stereocenters. The van der Waals surface area contributed by atoms with Crippen molar-refractivity contribution in [2.24, 2.45) is 0 Å². The largest absolute Gasteiger partial charge is 0.448 e. The number of benzene rings is 2. The molecule has 0 N–H and O–H groups in total. The van der Waals surface area contributed by atoms with Gasteiger partial charge in [-0.15, -0.1) is 11.8 Å². The number of carbonyl (C=O) groups is 1. The van der Waals surface area contributed by atoms with E-state index in [1.165, 1.54) is 22.3 Å². The highest BCUT2D eigenvalue weighted by Gasteiger charge is 2.30. The number of hydrogen-bond donors (Lipinski definition) is 0. The van der Waals surface area contributed by atoms with Crippen LogP contribution in [0.1, 0.15) is 17.0 Å². The third kappa shape index (κ3) is 3.60. The molecule has 1 saturated heterocycles. The van der Waals surface area contributed by atoms with Crippen molar-refractivity contribution >= 4 is 24.0 Å². The second kappa shape index (κ2) is 8.01. The highest BCUT2D eigenvalue weighted by atomic mass is 32.2. The van der Waals surface area contributed by atoms with E-state index in [2.05, 4.69) is 48.5 Å². The van der Waals surface area contributed by atoms with E-state index in [0.29, 0.717) is 6.61 Å². The van der Waals surface area contributed by atoms with Gasteiger partial charge in [-0.2, -0.15) is 9.59 Å². The number of ether oxygens (including phenoxy) is 1. The Bertz CT molecular complexity index is 750. The standard InChI is InChI=1S/C18H17NO2S.CO2/c20-18(19-9-10-22-12-19)21-11-17-15-7-3-1-5-13(15)14-6-2-4-8-16(14)17;2-1-3/h1-8,17H,9-12H2;. The van der Waals surface area contributed by atoms with Crippen LogP contribution in [0.15, 0.2) is 48.5 Å². The minimum Gasteiger partial charge on any atom is -0.448 e. The molecule has 0 aromatic heterocycles. The molecule has 128 valence electrons. The van der Waals surface area contributed by atoms with Gasteiger partial charge in [0.05, 0.1) is 5.88 Å². The number of carbonyl (C=O) groups excluding carboxylic acids is 3. The minimum atomic E-state index is -0.188. The molecule has 6 heteroatoms. The quantitative estimate of drug-likeness (QED) is 0.826. The Morgan fingerprint density at radius 3 is 2.16 bits per heavy atom. The SMILES string of the molecule is O=C(OCC1c2ccccc2-c2ccccc21)N1CCSC1.O=C=O. The lowest BCUT2D eigenvalue weighted by molar-refractivity contribution is -0.191. The van der Waals surface area contributed by atoms with Crippen LogP contribution in [0.5, 0.6) is 0 Å². The van der Waals surface area contributed by atoms with Crippen molar-refractivity contribution in [3.05, 3.63) is 59.7 Å². The molecule has 0 saturated carbocycles. The maximum Gasteiger partial charge on any atom is 0.410 e. The Kier molecular flexibility index (Phi) is 5.53. The first-order valence-electron chi connectivity index (χ1n) is 7.93. The third-order valence-electron chi connectivity index (χ3n) is 4.35. The topological polar surface area (TPSA) is 63.7 Å². The molecule has 0 spiro atoms. The molecular formula is C19H17NO4S. The normalized spacial score (nSPS) is 14.8. The number of fused-ring (bicyclic) bond motifs is 3. The van der Waals surface area contributed by atoms with E-state index >= 15 is 0 Å². The summed E-state index contributed by atoms with van der Waals surface area (Å²) in [6, 6.07) is 16.8. The Morgan fingerprint density at radius 2 is 1.64 bits per heavy atom. The molecule has 2 aromatic rings. The van der Waals surface area contributed by atoms with Crippen molar-refractivity contribution in [3.63, 3.8) is 0 Å². The summed E-state index contributed by atoms with van der Waals surface area (Å²) in [4.78, 5) is 30.1. The monoisotopic (exact) mass is 355 g/mol. The Morgan fingerprint density at radius 1 is 1.08 bits per heavy atom. The van der Waals surface area contributed by atoms with Gasteiger partial charge in [0, 0.05) is 18.2 Å². The summed E-state index contributed by atoms with van der Waals surface area (Å²) in [7, 11) is 0. The second-order valence-electron chi connectivity index (χ2n) is 5.69. The fraction of sp³-hybridized carbons (Fsp3) is 0.263. The van der Waals surface area contributed by atoms with Crippen LogP contribution >= 0.6 is 11.8 Å². The molecule has 0 unspecified atom stereocenters. The van der Waals surface area contributed by atoms with Crippen molar-refractivity contribution < 1.29 is 19.1 Å². The summed E-state index contributed by atoms with van der Waals surface area (Å²) in [5.74, 6) is 1.90. The van der Waals surface area contributed by atoms with E-state index in [0.717, 1.165) is 18.2 Å². The van der Waals surface area contributed by atoms with Crippen molar-refractivity contribution in [2.45, 2.75) is 5.92 Å². The Labute approximate surface area is 150 Å². The minimum absolute atomic E-state index is 0.145. The van der Waals surface area contributed by atoms with Gasteiger partial charge in [0.1, 0.15) is 6.61 Å². The van der Waals surface area contributed by atoms with Crippen molar-refractivity contribution in [2.75, 3.05) is 24.8 Å². The van der Waals surface area contributed by atoms with Gasteiger partial charge < -0.3 is 4.74 Å². The zero-order chi connectivity index (χ0) is 17.6. The van der Waals surface area contributed by atoms with Crippen LogP contribution in [0.4, 0.5) is 4.79 Å². The summed E-state index contributed by atoms with van der Waals surface area (Å²) in [5, 5.41) is 0. The molecule has 1 aliphatic heterocycles. The highest BCUT2D eigenvalue weighted by molar-refractivity contribution is 7.99. The molecule has 2 aromatic carbocycles. The van der Waals surface area contributed by atoms with Crippen molar-refractivity contribution in [3.8, 4) is 11.1 Å². The molecular weight excluding hydrogens is 338 g/mol. The van der Waals surface area contributed by atoms with Crippen LogP contribution in [-0.4, -0.2) is 41.9 Å². The molecule has 25 heavy (non-hydrogen) atoms. The van der Waals surface area contributed by atoms with Gasteiger partial charge in [-0.05, 0) is 22.3 Å². The first-order chi connectivity index (χ1) is 12.3. The van der Waals surface area contributed by atoms with E-state index in [1.807, 2.05) is 0 Å². The molecule has 5 nitrogen and oxygen atoms in total. The lowest BCUT2D eigenvalue weighted by Gasteiger charge is -2.18. The molecule has 0 radical (unpaired) electrons. The Hall–Kier alpha value is -2.56. The van der Waals surface area contributed by atoms with Crippen LogP contribution < -0.4 is 0 Å². The summed E-state index contributed by atoms with van der Waals surface area (Å²) in [6.45, 7) is 1.20. The Balaban J connectivity index is 0.000000569. The molecule has 1 fully saturated rings. The first kappa shape index (κ1) is 17.3. The summed E-state index contributed by atoms with van der Waals surface area (Å²) in [6.07, 6.45) is 0.0619. The van der Waals surface area contributed by atoms with Crippen molar-refractivity contribution in [1.29, 1.82) is 0 Å². The lowest BCUT2D eigenvalue weighted by atomic mass is 9.98. The van der Waals surface area contributed by atoms with Crippen LogP contribution in [0.3, 0.4) is 0 Å². The van der Waals surface area contributed by atoms with E-state index in [9.17, 15) is 4.79 Å². The molecule has 0 bridgehead atoms. The van der Waals surface area contributed by atoms with Gasteiger partial charge in [-0.3, -0.25) is 4.90 Å². The van der Waals surface area contributed by atoms with E-state index in [1.54, 1.807) is 16.7 Å². The molecule has 1 aliphatic carbocycles. The van der Waals surface area contributed by atoms with Gasteiger partial charge >= 0.3 is 12.2 Å². The first-order valence-corrected chi connectivity index (χ1v) is 9.08.